The Morgan fingerprint density at radius 2 is 1.75 bits per heavy atom. The summed E-state index contributed by atoms with van der Waals surface area (Å²) in [6.07, 6.45) is 1.57. The molecule has 1 saturated heterocycles. The van der Waals surface area contributed by atoms with Gasteiger partial charge in [0.25, 0.3) is 15.9 Å². The standard InChI is InChI=1S/C20H19N7O3S2.H2/c21-18-17(20-25-24-19(30-20)14-5-2-1-3-6-14)23-15(13-22-18)26-8-10-27(11-9-26)32(28,29)16-7-4-12-31-16;/h1-7,12-13H,8-11H2,(H2,21,22);1H. The van der Waals surface area contributed by atoms with E-state index in [4.69, 9.17) is 10.2 Å². The van der Waals surface area contributed by atoms with Crippen LogP contribution >= 0.6 is 11.3 Å². The first-order valence-electron chi connectivity index (χ1n) is 9.83. The van der Waals surface area contributed by atoms with Gasteiger partial charge in [0.05, 0.1) is 6.20 Å². The molecule has 4 aromatic rings. The zero-order valence-corrected chi connectivity index (χ0v) is 18.5. The summed E-state index contributed by atoms with van der Waals surface area (Å²) >= 11 is 1.22. The third-order valence-corrected chi connectivity index (χ3v) is 8.36. The highest BCUT2D eigenvalue weighted by Gasteiger charge is 2.30. The number of aromatic nitrogens is 4. The number of hydrogen-bond acceptors (Lipinski definition) is 10. The molecule has 166 valence electrons. The first kappa shape index (κ1) is 20.5. The smallest absolute Gasteiger partial charge is 0.270 e. The zero-order chi connectivity index (χ0) is 22.1. The van der Waals surface area contributed by atoms with Gasteiger partial charge in [-0.1, -0.05) is 24.3 Å². The maximum atomic E-state index is 12.7. The van der Waals surface area contributed by atoms with Gasteiger partial charge in [-0.25, -0.2) is 18.4 Å². The van der Waals surface area contributed by atoms with E-state index in [1.54, 1.807) is 23.7 Å². The van der Waals surface area contributed by atoms with Gasteiger partial charge < -0.3 is 15.1 Å². The summed E-state index contributed by atoms with van der Waals surface area (Å²) in [7, 11) is -3.47. The Morgan fingerprint density at radius 3 is 2.47 bits per heavy atom. The predicted octanol–water partition coefficient (Wildman–Crippen LogP) is 2.59. The molecule has 2 N–H and O–H groups in total. The van der Waals surface area contributed by atoms with Crippen LogP contribution in [0.1, 0.15) is 1.43 Å². The van der Waals surface area contributed by atoms with Gasteiger partial charge in [0.2, 0.25) is 5.89 Å². The summed E-state index contributed by atoms with van der Waals surface area (Å²) < 4.78 is 33.1. The number of rotatable bonds is 5. The van der Waals surface area contributed by atoms with E-state index in [-0.39, 0.29) is 13.1 Å². The van der Waals surface area contributed by atoms with Crippen LogP contribution in [0.25, 0.3) is 23.0 Å². The van der Waals surface area contributed by atoms with Crippen molar-refractivity contribution in [2.24, 2.45) is 0 Å². The molecule has 1 fully saturated rings. The lowest BCUT2D eigenvalue weighted by atomic mass is 10.2. The summed E-state index contributed by atoms with van der Waals surface area (Å²) in [6.45, 7) is 1.64. The van der Waals surface area contributed by atoms with Gasteiger partial charge in [0, 0.05) is 33.2 Å². The Bertz CT molecular complexity index is 1320. The van der Waals surface area contributed by atoms with Crippen LogP contribution in [0, 0.1) is 0 Å². The molecular weight excluding hydrogens is 450 g/mol. The molecule has 5 rings (SSSR count). The van der Waals surface area contributed by atoms with E-state index >= 15 is 0 Å². The van der Waals surface area contributed by atoms with Crippen molar-refractivity contribution in [1.82, 2.24) is 24.5 Å². The van der Waals surface area contributed by atoms with Crippen LogP contribution in [-0.2, 0) is 10.0 Å². The number of piperazine rings is 1. The Labute approximate surface area is 189 Å². The average molecular weight is 472 g/mol. The van der Waals surface area contributed by atoms with Crippen LogP contribution in [0.4, 0.5) is 11.6 Å². The first-order valence-corrected chi connectivity index (χ1v) is 12.1. The molecule has 32 heavy (non-hydrogen) atoms. The van der Waals surface area contributed by atoms with Crippen molar-refractivity contribution in [3.8, 4) is 23.0 Å². The van der Waals surface area contributed by atoms with Crippen molar-refractivity contribution in [3.05, 3.63) is 54.0 Å². The number of hydrogen-bond donors (Lipinski definition) is 1. The van der Waals surface area contributed by atoms with Crippen LogP contribution in [0.3, 0.4) is 0 Å². The molecule has 0 atom stereocenters. The van der Waals surface area contributed by atoms with Crippen molar-refractivity contribution >= 4 is 33.0 Å². The number of nitrogen functional groups attached to an aromatic ring is 1. The molecule has 4 heterocycles. The van der Waals surface area contributed by atoms with E-state index < -0.39 is 10.0 Å². The fourth-order valence-electron chi connectivity index (χ4n) is 3.41. The highest BCUT2D eigenvalue weighted by molar-refractivity contribution is 7.91. The fraction of sp³-hybridized carbons (Fsp3) is 0.200. The normalized spacial score (nSPS) is 15.2. The second-order valence-electron chi connectivity index (χ2n) is 7.06. The van der Waals surface area contributed by atoms with Gasteiger partial charge in [-0.15, -0.1) is 21.5 Å². The third kappa shape index (κ3) is 3.83. The monoisotopic (exact) mass is 471 g/mol. The summed E-state index contributed by atoms with van der Waals surface area (Å²) in [6, 6.07) is 12.8. The largest absolute Gasteiger partial charge is 0.414 e. The molecule has 0 saturated carbocycles. The zero-order valence-electron chi connectivity index (χ0n) is 16.8. The van der Waals surface area contributed by atoms with Gasteiger partial charge in [0.15, 0.2) is 11.5 Å². The van der Waals surface area contributed by atoms with Gasteiger partial charge in [-0.3, -0.25) is 0 Å². The Balaban J connectivity index is 0.00000259. The number of sulfonamides is 1. The van der Waals surface area contributed by atoms with E-state index in [0.717, 1.165) is 5.56 Å². The molecular formula is C20H21N7O3S2. The highest BCUT2D eigenvalue weighted by atomic mass is 32.2. The molecule has 0 unspecified atom stereocenters. The van der Waals surface area contributed by atoms with Crippen LogP contribution in [-0.4, -0.2) is 59.1 Å². The van der Waals surface area contributed by atoms with Gasteiger partial charge in [0.1, 0.15) is 10.0 Å². The minimum atomic E-state index is -3.47. The maximum absolute atomic E-state index is 12.7. The molecule has 0 spiro atoms. The summed E-state index contributed by atoms with van der Waals surface area (Å²) in [5, 5.41) is 9.92. The summed E-state index contributed by atoms with van der Waals surface area (Å²) in [5.41, 5.74) is 7.11. The van der Waals surface area contributed by atoms with Crippen LogP contribution in [0.5, 0.6) is 0 Å². The first-order chi connectivity index (χ1) is 15.5. The average Bonchev–Trinajstić information content (AvgIpc) is 3.53. The molecule has 12 heteroatoms. The van der Waals surface area contributed by atoms with Gasteiger partial charge in [-0.05, 0) is 23.6 Å². The number of nitrogens with two attached hydrogens (primary N) is 1. The Kier molecular flexibility index (Phi) is 5.33. The van der Waals surface area contributed by atoms with Gasteiger partial charge >= 0.3 is 0 Å². The number of benzene rings is 1. The van der Waals surface area contributed by atoms with Crippen molar-refractivity contribution in [2.75, 3.05) is 36.8 Å². The van der Waals surface area contributed by atoms with Crippen molar-refractivity contribution in [1.29, 1.82) is 0 Å². The summed E-state index contributed by atoms with van der Waals surface area (Å²) in [5.74, 6) is 1.28. The van der Waals surface area contributed by atoms with Crippen LogP contribution in [0.2, 0.25) is 0 Å². The lowest BCUT2D eigenvalue weighted by Crippen LogP contribution is -2.48. The fourth-order valence-corrected chi connectivity index (χ4v) is 5.98. The molecule has 1 aromatic carbocycles. The highest BCUT2D eigenvalue weighted by Crippen LogP contribution is 2.28. The summed E-state index contributed by atoms with van der Waals surface area (Å²) in [4.78, 5) is 10.8. The topological polar surface area (TPSA) is 131 Å². The molecule has 1 aliphatic heterocycles. The molecule has 1 aliphatic rings. The minimum absolute atomic E-state index is 0. The van der Waals surface area contributed by atoms with E-state index in [2.05, 4.69) is 20.2 Å². The van der Waals surface area contributed by atoms with Gasteiger partial charge in [-0.2, -0.15) is 4.31 Å². The van der Waals surface area contributed by atoms with E-state index in [9.17, 15) is 8.42 Å². The molecule has 0 aliphatic carbocycles. The van der Waals surface area contributed by atoms with Crippen molar-refractivity contribution in [3.63, 3.8) is 0 Å². The molecule has 0 bridgehead atoms. The van der Waals surface area contributed by atoms with Crippen LogP contribution in [0.15, 0.2) is 62.7 Å². The number of nitrogens with zero attached hydrogens (tertiary/aromatic N) is 6. The number of anilines is 2. The Hall–Kier alpha value is -3.35. The second kappa shape index (κ2) is 8.30. The molecule has 0 radical (unpaired) electrons. The molecule has 10 nitrogen and oxygen atoms in total. The van der Waals surface area contributed by atoms with Crippen molar-refractivity contribution < 1.29 is 14.3 Å². The minimum Gasteiger partial charge on any atom is -0.414 e. The van der Waals surface area contributed by atoms with E-state index in [1.165, 1.54) is 15.6 Å². The quantitative estimate of drug-likeness (QED) is 0.466. The second-order valence-corrected chi connectivity index (χ2v) is 10.2. The predicted molar refractivity (Wildman–Crippen MR) is 123 cm³/mol. The SMILES string of the molecule is Nc1ncc(N2CCN(S(=O)(=O)c3cccs3)CC2)nc1-c1nnc(-c2ccccc2)o1.[HH]. The third-order valence-electron chi connectivity index (χ3n) is 5.09. The maximum Gasteiger partial charge on any atom is 0.270 e. The van der Waals surface area contributed by atoms with E-state index in [0.29, 0.717) is 47.8 Å². The lowest BCUT2D eigenvalue weighted by molar-refractivity contribution is 0.384. The molecule has 3 aromatic heterocycles. The molecule has 0 amide bonds. The van der Waals surface area contributed by atoms with E-state index in [1.807, 2.05) is 35.2 Å². The lowest BCUT2D eigenvalue weighted by Gasteiger charge is -2.34. The van der Waals surface area contributed by atoms with Crippen LogP contribution < -0.4 is 10.6 Å². The Morgan fingerprint density at radius 1 is 1.00 bits per heavy atom. The van der Waals surface area contributed by atoms with Crippen molar-refractivity contribution in [2.45, 2.75) is 4.21 Å². The number of thiophene rings is 1.